The summed E-state index contributed by atoms with van der Waals surface area (Å²) in [4.78, 5) is 10.3. The molecule has 13 heavy (non-hydrogen) atoms. The Morgan fingerprint density at radius 2 is 2.08 bits per heavy atom. The zero-order valence-corrected chi connectivity index (χ0v) is 6.90. The van der Waals surface area contributed by atoms with E-state index in [0.717, 1.165) is 0 Å². The van der Waals surface area contributed by atoms with Crippen molar-refractivity contribution >= 4 is 23.3 Å². The molecule has 0 fully saturated rings. The zero-order valence-electron chi connectivity index (χ0n) is 6.14. The summed E-state index contributed by atoms with van der Waals surface area (Å²) >= 11 is 5.30. The Labute approximate surface area is 76.7 Å². The number of hydrogen-bond acceptors (Lipinski definition) is 2. The van der Waals surface area contributed by atoms with Crippen LogP contribution in [0.2, 0.25) is 5.02 Å². The van der Waals surface area contributed by atoms with Gasteiger partial charge in [0, 0.05) is 0 Å². The van der Waals surface area contributed by atoms with Crippen LogP contribution in [0.5, 0.6) is 0 Å². The Morgan fingerprint density at radius 1 is 1.54 bits per heavy atom. The first-order valence-electron chi connectivity index (χ1n) is 3.11. The highest BCUT2D eigenvalue weighted by molar-refractivity contribution is 6.33. The van der Waals surface area contributed by atoms with E-state index in [9.17, 15) is 13.6 Å². The highest BCUT2D eigenvalue weighted by atomic mass is 35.5. The summed E-state index contributed by atoms with van der Waals surface area (Å²) in [6.07, 6.45) is 0. The number of carboxylic acids is 1. The third-order valence-corrected chi connectivity index (χ3v) is 1.73. The van der Waals surface area contributed by atoms with Gasteiger partial charge in [0.2, 0.25) is 0 Å². The van der Waals surface area contributed by atoms with Crippen molar-refractivity contribution in [2.75, 3.05) is 5.73 Å². The number of rotatable bonds is 1. The predicted octanol–water partition coefficient (Wildman–Crippen LogP) is 1.90. The minimum atomic E-state index is -1.72. The van der Waals surface area contributed by atoms with E-state index in [0.29, 0.717) is 6.07 Å². The molecule has 3 N–H and O–H groups in total. The summed E-state index contributed by atoms with van der Waals surface area (Å²) in [6.45, 7) is 0. The fraction of sp³-hybridized carbons (Fsp3) is 0. The van der Waals surface area contributed by atoms with Crippen LogP contribution in [0.1, 0.15) is 10.4 Å². The van der Waals surface area contributed by atoms with E-state index in [4.69, 9.17) is 22.4 Å². The van der Waals surface area contributed by atoms with Crippen molar-refractivity contribution in [1.29, 1.82) is 0 Å². The molecule has 0 aromatic heterocycles. The molecular weight excluding hydrogens is 204 g/mol. The number of anilines is 1. The number of carboxylic acid groups (broad SMARTS) is 1. The minimum Gasteiger partial charge on any atom is -0.477 e. The zero-order chi connectivity index (χ0) is 10.2. The van der Waals surface area contributed by atoms with Gasteiger partial charge in [-0.15, -0.1) is 0 Å². The van der Waals surface area contributed by atoms with Gasteiger partial charge in [0.15, 0.2) is 5.82 Å². The highest BCUT2D eigenvalue weighted by Crippen LogP contribution is 2.26. The van der Waals surface area contributed by atoms with Crippen LogP contribution in [0.25, 0.3) is 0 Å². The summed E-state index contributed by atoms with van der Waals surface area (Å²) in [5.74, 6) is -4.32. The average molecular weight is 208 g/mol. The van der Waals surface area contributed by atoms with E-state index in [1.807, 2.05) is 0 Å². The smallest absolute Gasteiger partial charge is 0.341 e. The van der Waals surface area contributed by atoms with Crippen molar-refractivity contribution < 1.29 is 18.7 Å². The Hall–Kier alpha value is -1.36. The summed E-state index contributed by atoms with van der Waals surface area (Å²) in [7, 11) is 0. The van der Waals surface area contributed by atoms with E-state index < -0.39 is 28.9 Å². The van der Waals surface area contributed by atoms with Crippen LogP contribution < -0.4 is 5.73 Å². The SMILES string of the molecule is Nc1c(Cl)cc(F)c(C(=O)O)c1F. The van der Waals surface area contributed by atoms with Gasteiger partial charge < -0.3 is 10.8 Å². The number of halogens is 3. The molecule has 0 aliphatic carbocycles. The average Bonchev–Trinajstić information content (AvgIpc) is 1.99. The molecule has 0 heterocycles. The van der Waals surface area contributed by atoms with Crippen LogP contribution in [-0.4, -0.2) is 11.1 Å². The molecule has 6 heteroatoms. The third kappa shape index (κ3) is 1.55. The van der Waals surface area contributed by atoms with E-state index in [1.165, 1.54) is 0 Å². The molecule has 0 spiro atoms. The van der Waals surface area contributed by atoms with Gasteiger partial charge in [-0.05, 0) is 6.07 Å². The fourth-order valence-electron chi connectivity index (χ4n) is 0.802. The molecule has 0 radical (unpaired) electrons. The Balaban J connectivity index is 3.53. The van der Waals surface area contributed by atoms with Gasteiger partial charge in [-0.2, -0.15) is 0 Å². The summed E-state index contributed by atoms with van der Waals surface area (Å²) in [5.41, 5.74) is 3.39. The molecule has 3 nitrogen and oxygen atoms in total. The molecule has 1 aromatic rings. The number of aromatic carboxylic acids is 1. The first kappa shape index (κ1) is 9.73. The summed E-state index contributed by atoms with van der Waals surface area (Å²) in [6, 6.07) is 0.656. The lowest BCUT2D eigenvalue weighted by molar-refractivity contribution is 0.0686. The van der Waals surface area contributed by atoms with E-state index in [-0.39, 0.29) is 5.02 Å². The molecule has 1 aromatic carbocycles. The van der Waals surface area contributed by atoms with Crippen molar-refractivity contribution in [3.63, 3.8) is 0 Å². The number of benzene rings is 1. The minimum absolute atomic E-state index is 0.347. The van der Waals surface area contributed by atoms with Gasteiger partial charge >= 0.3 is 5.97 Å². The molecule has 0 atom stereocenters. The second-order valence-electron chi connectivity index (χ2n) is 2.25. The molecular formula is C7H4ClF2NO2. The fourth-order valence-corrected chi connectivity index (χ4v) is 0.980. The largest absolute Gasteiger partial charge is 0.477 e. The van der Waals surface area contributed by atoms with Crippen molar-refractivity contribution in [3.05, 3.63) is 28.3 Å². The van der Waals surface area contributed by atoms with Gasteiger partial charge in [0.05, 0.1) is 10.7 Å². The lowest BCUT2D eigenvalue weighted by Gasteiger charge is -2.04. The molecule has 0 bridgehead atoms. The Bertz CT molecular complexity index is 381. The molecule has 1 rings (SSSR count). The summed E-state index contributed by atoms with van der Waals surface area (Å²) < 4.78 is 25.7. The first-order valence-corrected chi connectivity index (χ1v) is 3.49. The van der Waals surface area contributed by atoms with Gasteiger partial charge in [0.25, 0.3) is 0 Å². The van der Waals surface area contributed by atoms with Crippen molar-refractivity contribution in [2.24, 2.45) is 0 Å². The van der Waals surface area contributed by atoms with Crippen LogP contribution in [0.4, 0.5) is 14.5 Å². The van der Waals surface area contributed by atoms with E-state index in [2.05, 4.69) is 0 Å². The predicted molar refractivity (Wildman–Crippen MR) is 42.7 cm³/mol. The molecule has 0 aliphatic heterocycles. The van der Waals surface area contributed by atoms with Crippen LogP contribution in [0, 0.1) is 11.6 Å². The lowest BCUT2D eigenvalue weighted by atomic mass is 10.1. The lowest BCUT2D eigenvalue weighted by Crippen LogP contribution is -2.07. The van der Waals surface area contributed by atoms with Gasteiger partial charge in [-0.1, -0.05) is 11.6 Å². The third-order valence-electron chi connectivity index (χ3n) is 1.42. The van der Waals surface area contributed by atoms with Gasteiger partial charge in [-0.25, -0.2) is 13.6 Å². The van der Waals surface area contributed by atoms with Crippen LogP contribution in [0.3, 0.4) is 0 Å². The highest BCUT2D eigenvalue weighted by Gasteiger charge is 2.20. The van der Waals surface area contributed by atoms with Crippen LogP contribution in [0.15, 0.2) is 6.07 Å². The topological polar surface area (TPSA) is 63.3 Å². The van der Waals surface area contributed by atoms with Crippen molar-refractivity contribution in [1.82, 2.24) is 0 Å². The molecule has 0 unspecified atom stereocenters. The van der Waals surface area contributed by atoms with Crippen LogP contribution >= 0.6 is 11.6 Å². The quantitative estimate of drug-likeness (QED) is 0.692. The van der Waals surface area contributed by atoms with Crippen LogP contribution in [-0.2, 0) is 0 Å². The molecule has 0 saturated heterocycles. The first-order chi connectivity index (χ1) is 5.95. The van der Waals surface area contributed by atoms with E-state index >= 15 is 0 Å². The molecule has 0 saturated carbocycles. The van der Waals surface area contributed by atoms with E-state index in [1.54, 1.807) is 0 Å². The number of nitrogen functional groups attached to an aromatic ring is 1. The monoisotopic (exact) mass is 207 g/mol. The van der Waals surface area contributed by atoms with Crippen molar-refractivity contribution in [2.45, 2.75) is 0 Å². The molecule has 0 aliphatic rings. The number of nitrogens with two attached hydrogens (primary N) is 1. The molecule has 0 amide bonds. The Kier molecular flexibility index (Phi) is 2.38. The normalized spacial score (nSPS) is 10.1. The maximum absolute atomic E-state index is 12.9. The number of hydrogen-bond donors (Lipinski definition) is 2. The number of carbonyl (C=O) groups is 1. The molecule has 70 valence electrons. The van der Waals surface area contributed by atoms with Crippen molar-refractivity contribution in [3.8, 4) is 0 Å². The summed E-state index contributed by atoms with van der Waals surface area (Å²) in [5, 5.41) is 8.04. The standard InChI is InChI=1S/C7H4ClF2NO2/c8-2-1-3(9)4(7(12)13)5(10)6(2)11/h1H,11H2,(H,12,13). The van der Waals surface area contributed by atoms with Gasteiger partial charge in [-0.3, -0.25) is 0 Å². The maximum atomic E-state index is 12.9. The second kappa shape index (κ2) is 3.18. The maximum Gasteiger partial charge on any atom is 0.341 e. The second-order valence-corrected chi connectivity index (χ2v) is 2.66. The van der Waals surface area contributed by atoms with Gasteiger partial charge in [0.1, 0.15) is 11.4 Å². The Morgan fingerprint density at radius 3 is 2.54 bits per heavy atom.